The van der Waals surface area contributed by atoms with Crippen molar-refractivity contribution in [3.8, 4) is 0 Å². The molecule has 1 N–H and O–H groups in total. The number of ether oxygens (including phenoxy) is 1. The maximum Gasteiger partial charge on any atom is 0.0695 e. The fourth-order valence-corrected chi connectivity index (χ4v) is 4.45. The molecule has 1 aliphatic heterocycles. The van der Waals surface area contributed by atoms with Crippen LogP contribution >= 0.6 is 22.6 Å². The topological polar surface area (TPSA) is 21.3 Å². The lowest BCUT2D eigenvalue weighted by atomic mass is 9.83. The summed E-state index contributed by atoms with van der Waals surface area (Å²) in [6.07, 6.45) is 9.74. The van der Waals surface area contributed by atoms with Gasteiger partial charge in [0.1, 0.15) is 0 Å². The van der Waals surface area contributed by atoms with Gasteiger partial charge in [-0.25, -0.2) is 0 Å². The number of nitrogens with one attached hydrogen (secondary N) is 1. The van der Waals surface area contributed by atoms with Crippen molar-refractivity contribution in [2.45, 2.75) is 60.3 Å². The van der Waals surface area contributed by atoms with Crippen LogP contribution in [0.3, 0.4) is 0 Å². The summed E-state index contributed by atoms with van der Waals surface area (Å²) in [4.78, 5) is 0. The standard InChI is InChI=1S/C13H23BINO/c14-7-9-16-8-5-12(15)6-10-17-13(11-12)3-1-2-4-13/h16H,1-11H2/t12-/m0/s1. The van der Waals surface area contributed by atoms with Crippen LogP contribution in [0.2, 0.25) is 6.32 Å². The van der Waals surface area contributed by atoms with E-state index in [9.17, 15) is 0 Å². The highest BCUT2D eigenvalue weighted by Gasteiger charge is 2.45. The molecule has 2 aliphatic rings. The van der Waals surface area contributed by atoms with Gasteiger partial charge < -0.3 is 10.1 Å². The van der Waals surface area contributed by atoms with E-state index in [1.807, 2.05) is 0 Å². The van der Waals surface area contributed by atoms with Gasteiger partial charge in [0.15, 0.2) is 0 Å². The highest BCUT2D eigenvalue weighted by atomic mass is 127. The molecule has 2 rings (SSSR count). The summed E-state index contributed by atoms with van der Waals surface area (Å²) in [6.45, 7) is 2.99. The second kappa shape index (κ2) is 6.24. The predicted molar refractivity (Wildman–Crippen MR) is 81.2 cm³/mol. The number of hydrogen-bond donors (Lipinski definition) is 1. The Kier molecular flexibility index (Phi) is 5.19. The van der Waals surface area contributed by atoms with Gasteiger partial charge in [-0.05, 0) is 45.2 Å². The summed E-state index contributed by atoms with van der Waals surface area (Å²) in [5.41, 5.74) is 0.243. The zero-order valence-corrected chi connectivity index (χ0v) is 12.8. The second-order valence-corrected chi connectivity index (χ2v) is 7.89. The molecule has 0 bridgehead atoms. The summed E-state index contributed by atoms with van der Waals surface area (Å²) in [7, 11) is 5.49. The second-order valence-electron chi connectivity index (χ2n) is 5.60. The lowest BCUT2D eigenvalue weighted by Gasteiger charge is -2.43. The quantitative estimate of drug-likeness (QED) is 0.358. The van der Waals surface area contributed by atoms with Crippen LogP contribution in [0.5, 0.6) is 0 Å². The van der Waals surface area contributed by atoms with Crippen molar-refractivity contribution >= 4 is 30.4 Å². The molecule has 17 heavy (non-hydrogen) atoms. The molecule has 0 amide bonds. The molecule has 2 radical (unpaired) electrons. The van der Waals surface area contributed by atoms with Gasteiger partial charge in [0, 0.05) is 10.0 Å². The Balaban J connectivity index is 1.82. The number of rotatable bonds is 5. The summed E-state index contributed by atoms with van der Waals surface area (Å²) in [6, 6.07) is 0. The molecule has 1 aliphatic carbocycles. The molecule has 1 saturated heterocycles. The summed E-state index contributed by atoms with van der Waals surface area (Å²) in [5, 5.41) is 3.42. The Morgan fingerprint density at radius 2 is 1.94 bits per heavy atom. The highest BCUT2D eigenvalue weighted by Crippen LogP contribution is 2.48. The molecule has 1 heterocycles. The van der Waals surface area contributed by atoms with Gasteiger partial charge >= 0.3 is 0 Å². The molecular formula is C13H23BINO. The normalized spacial score (nSPS) is 32.1. The Morgan fingerprint density at radius 1 is 1.18 bits per heavy atom. The zero-order valence-electron chi connectivity index (χ0n) is 10.6. The van der Waals surface area contributed by atoms with E-state index >= 15 is 0 Å². The molecule has 2 fully saturated rings. The average molecular weight is 347 g/mol. The van der Waals surface area contributed by atoms with Crippen LogP contribution in [0, 0.1) is 0 Å². The number of hydrogen-bond acceptors (Lipinski definition) is 2. The molecule has 96 valence electrons. The Bertz CT molecular complexity index is 246. The van der Waals surface area contributed by atoms with Gasteiger partial charge in [0.2, 0.25) is 0 Å². The van der Waals surface area contributed by atoms with E-state index < -0.39 is 0 Å². The molecule has 2 nitrogen and oxygen atoms in total. The molecule has 0 aromatic heterocycles. The largest absolute Gasteiger partial charge is 0.375 e. The van der Waals surface area contributed by atoms with Crippen molar-refractivity contribution in [3.63, 3.8) is 0 Å². The van der Waals surface area contributed by atoms with Crippen molar-refractivity contribution in [1.82, 2.24) is 5.32 Å². The molecule has 1 saturated carbocycles. The molecular weight excluding hydrogens is 324 g/mol. The average Bonchev–Trinajstić information content (AvgIpc) is 2.72. The van der Waals surface area contributed by atoms with Crippen LogP contribution in [0.15, 0.2) is 0 Å². The molecule has 1 spiro atoms. The Hall–Kier alpha value is 0.715. The van der Waals surface area contributed by atoms with Crippen molar-refractivity contribution in [3.05, 3.63) is 0 Å². The third kappa shape index (κ3) is 3.84. The smallest absolute Gasteiger partial charge is 0.0695 e. The maximum absolute atomic E-state index is 6.10. The first-order valence-corrected chi connectivity index (χ1v) is 8.00. The SMILES string of the molecule is [B]CCNCC[C@]1(I)CCOC2(CCCC2)C1. The van der Waals surface area contributed by atoms with E-state index in [0.29, 0.717) is 3.42 Å². The number of halogens is 1. The van der Waals surface area contributed by atoms with Crippen molar-refractivity contribution in [2.24, 2.45) is 0 Å². The fraction of sp³-hybridized carbons (Fsp3) is 1.00. The van der Waals surface area contributed by atoms with Crippen molar-refractivity contribution in [2.75, 3.05) is 19.7 Å². The van der Waals surface area contributed by atoms with E-state index in [1.165, 1.54) is 44.9 Å². The Labute approximate surface area is 120 Å². The van der Waals surface area contributed by atoms with Crippen LogP contribution in [0.25, 0.3) is 0 Å². The summed E-state index contributed by atoms with van der Waals surface area (Å²) in [5.74, 6) is 0. The molecule has 1 atom stereocenters. The summed E-state index contributed by atoms with van der Waals surface area (Å²) < 4.78 is 6.55. The van der Waals surface area contributed by atoms with Crippen LogP contribution in [-0.2, 0) is 4.74 Å². The monoisotopic (exact) mass is 347 g/mol. The van der Waals surface area contributed by atoms with E-state index in [1.54, 1.807) is 0 Å². The van der Waals surface area contributed by atoms with Gasteiger partial charge in [-0.15, -0.1) is 0 Å². The van der Waals surface area contributed by atoms with E-state index in [-0.39, 0.29) is 5.60 Å². The Morgan fingerprint density at radius 3 is 2.65 bits per heavy atom. The molecule has 0 aromatic carbocycles. The molecule has 0 unspecified atom stereocenters. The van der Waals surface area contributed by atoms with Gasteiger partial charge in [-0.3, -0.25) is 0 Å². The van der Waals surface area contributed by atoms with Gasteiger partial charge in [-0.2, -0.15) is 0 Å². The third-order valence-corrected chi connectivity index (χ3v) is 5.64. The van der Waals surface area contributed by atoms with Crippen molar-refractivity contribution in [1.29, 1.82) is 0 Å². The van der Waals surface area contributed by atoms with E-state index in [4.69, 9.17) is 12.6 Å². The third-order valence-electron chi connectivity index (χ3n) is 4.18. The maximum atomic E-state index is 6.10. The predicted octanol–water partition coefficient (Wildman–Crippen LogP) is 2.85. The minimum Gasteiger partial charge on any atom is -0.375 e. The minimum absolute atomic E-state index is 0.243. The zero-order chi connectivity index (χ0) is 12.2. The highest BCUT2D eigenvalue weighted by molar-refractivity contribution is 14.1. The molecule has 4 heteroatoms. The fourth-order valence-electron chi connectivity index (χ4n) is 3.26. The van der Waals surface area contributed by atoms with Crippen LogP contribution in [0.4, 0.5) is 0 Å². The van der Waals surface area contributed by atoms with Gasteiger partial charge in [0.25, 0.3) is 0 Å². The molecule has 0 aromatic rings. The van der Waals surface area contributed by atoms with Crippen molar-refractivity contribution < 1.29 is 4.74 Å². The lowest BCUT2D eigenvalue weighted by Crippen LogP contribution is -2.45. The first-order chi connectivity index (χ1) is 8.18. The van der Waals surface area contributed by atoms with Crippen LogP contribution in [-0.4, -0.2) is 36.6 Å². The first kappa shape index (κ1) is 14.1. The first-order valence-electron chi connectivity index (χ1n) is 6.92. The lowest BCUT2D eigenvalue weighted by molar-refractivity contribution is -0.0831. The van der Waals surface area contributed by atoms with Crippen LogP contribution in [0.1, 0.15) is 44.9 Å². The van der Waals surface area contributed by atoms with Gasteiger partial charge in [0.05, 0.1) is 13.4 Å². The van der Waals surface area contributed by atoms with E-state index in [0.717, 1.165) is 26.0 Å². The van der Waals surface area contributed by atoms with Gasteiger partial charge in [-0.1, -0.05) is 41.8 Å². The van der Waals surface area contributed by atoms with Crippen LogP contribution < -0.4 is 5.32 Å². The minimum atomic E-state index is 0.243. The summed E-state index contributed by atoms with van der Waals surface area (Å²) >= 11 is 2.69. The number of alkyl halides is 1. The van der Waals surface area contributed by atoms with E-state index in [2.05, 4.69) is 27.9 Å².